The summed E-state index contributed by atoms with van der Waals surface area (Å²) in [6.45, 7) is 0. The van der Waals surface area contributed by atoms with Gasteiger partial charge in [-0.05, 0) is 48.9 Å². The Balaban J connectivity index is 1.97. The van der Waals surface area contributed by atoms with Crippen LogP contribution in [-0.4, -0.2) is 0 Å². The summed E-state index contributed by atoms with van der Waals surface area (Å²) in [5.74, 6) is 0. The number of rotatable bonds is 0. The zero-order valence-corrected chi connectivity index (χ0v) is 9.29. The van der Waals surface area contributed by atoms with E-state index in [1.54, 1.807) is 0 Å². The van der Waals surface area contributed by atoms with Gasteiger partial charge in [-0.15, -0.1) is 0 Å². The molecule has 4 bridgehead atoms. The van der Waals surface area contributed by atoms with Crippen molar-refractivity contribution < 1.29 is 0 Å². The fourth-order valence-corrected chi connectivity index (χ4v) is 2.17. The van der Waals surface area contributed by atoms with E-state index < -0.39 is 0 Å². The highest BCUT2D eigenvalue weighted by molar-refractivity contribution is 5.26. The van der Waals surface area contributed by atoms with Gasteiger partial charge in [-0.2, -0.15) is 0 Å². The first-order valence-electron chi connectivity index (χ1n) is 5.90. The van der Waals surface area contributed by atoms with Gasteiger partial charge in [-0.1, -0.05) is 36.4 Å². The second-order valence-corrected chi connectivity index (χ2v) is 4.45. The molecule has 0 heteroatoms. The van der Waals surface area contributed by atoms with E-state index in [0.29, 0.717) is 0 Å². The zero-order chi connectivity index (χ0) is 10.8. The van der Waals surface area contributed by atoms with Gasteiger partial charge in [0, 0.05) is 11.1 Å². The zero-order valence-electron chi connectivity index (χ0n) is 9.29. The van der Waals surface area contributed by atoms with Crippen LogP contribution in [-0.2, 0) is 25.7 Å². The topological polar surface area (TPSA) is 0 Å². The van der Waals surface area contributed by atoms with Gasteiger partial charge in [0.2, 0.25) is 0 Å². The van der Waals surface area contributed by atoms with E-state index in [9.17, 15) is 0 Å². The van der Waals surface area contributed by atoms with Crippen molar-refractivity contribution in [3.05, 3.63) is 70.8 Å². The normalized spacial score (nSPS) is 14.0. The summed E-state index contributed by atoms with van der Waals surface area (Å²) in [6, 6.07) is 20.0. The Morgan fingerprint density at radius 3 is 1.38 bits per heavy atom. The van der Waals surface area contributed by atoms with E-state index in [1.165, 1.54) is 22.3 Å². The summed E-state index contributed by atoms with van der Waals surface area (Å²) in [5.41, 5.74) is 5.38. The second-order valence-electron chi connectivity index (χ2n) is 4.45. The molecule has 16 heavy (non-hydrogen) atoms. The largest absolute Gasteiger partial charge is 0.0664 e. The molecule has 2 aromatic carbocycles. The lowest BCUT2D eigenvalue weighted by Gasteiger charge is -2.06. The molecule has 0 atom stereocenters. The van der Waals surface area contributed by atoms with Crippen LogP contribution < -0.4 is 0 Å². The average Bonchev–Trinajstić information content (AvgIpc) is 2.33. The fourth-order valence-electron chi connectivity index (χ4n) is 2.17. The number of hydrogen-bond donors (Lipinski definition) is 0. The fraction of sp³-hybridized carbons (Fsp3) is 0.250. The smallest absolute Gasteiger partial charge is 0.00275 e. The maximum Gasteiger partial charge on any atom is 0.00275 e. The lowest BCUT2D eigenvalue weighted by molar-refractivity contribution is 0.925. The van der Waals surface area contributed by atoms with E-state index in [0.717, 1.165) is 25.7 Å². The summed E-state index contributed by atoms with van der Waals surface area (Å²) < 4.78 is 0. The predicted octanol–water partition coefficient (Wildman–Crippen LogP) is 3.17. The van der Waals surface area contributed by atoms with Gasteiger partial charge in [0.25, 0.3) is 0 Å². The number of hydrogen-bond acceptors (Lipinski definition) is 0. The van der Waals surface area contributed by atoms with E-state index in [1.807, 2.05) is 0 Å². The Morgan fingerprint density at radius 2 is 1.00 bits per heavy atom. The molecule has 0 N–H and O–H groups in total. The monoisotopic (exact) mass is 206 g/mol. The van der Waals surface area contributed by atoms with Crippen molar-refractivity contribution >= 4 is 0 Å². The van der Waals surface area contributed by atoms with Crippen molar-refractivity contribution in [1.29, 1.82) is 0 Å². The van der Waals surface area contributed by atoms with Crippen LogP contribution in [0.2, 0.25) is 0 Å². The molecule has 0 heterocycles. The van der Waals surface area contributed by atoms with E-state index in [4.69, 9.17) is 0 Å². The molecule has 0 nitrogen and oxygen atoms in total. The van der Waals surface area contributed by atoms with Crippen LogP contribution in [0.3, 0.4) is 0 Å². The molecule has 0 spiro atoms. The van der Waals surface area contributed by atoms with Gasteiger partial charge < -0.3 is 0 Å². The van der Waals surface area contributed by atoms with E-state index in [2.05, 4.69) is 48.5 Å². The quantitative estimate of drug-likeness (QED) is 0.621. The minimum atomic E-state index is 1.07. The molecule has 0 radical (unpaired) electrons. The first-order chi connectivity index (χ1) is 7.90. The van der Waals surface area contributed by atoms with Gasteiger partial charge in [-0.3, -0.25) is 0 Å². The molecule has 0 saturated heterocycles. The molecule has 0 aromatic heterocycles. The summed E-state index contributed by atoms with van der Waals surface area (Å²) in [6.07, 6.45) is 4.33. The van der Waals surface area contributed by atoms with Crippen molar-refractivity contribution in [2.45, 2.75) is 25.7 Å². The molecule has 0 amide bonds. The van der Waals surface area contributed by atoms with Crippen LogP contribution in [0.25, 0.3) is 0 Å². The lowest BCUT2D eigenvalue weighted by atomic mass is 9.98. The molecule has 6 rings (SSSR count). The Bertz CT molecular complexity index is 369. The third kappa shape index (κ3) is 1.95. The van der Waals surface area contributed by atoms with Crippen LogP contribution in [0.5, 0.6) is 0 Å². The van der Waals surface area contributed by atoms with Crippen LogP contribution in [0.15, 0.2) is 36.4 Å². The highest BCUT2D eigenvalue weighted by Crippen LogP contribution is 2.12. The Kier molecular flexibility index (Phi) is 2.38. The minimum Gasteiger partial charge on any atom is -0.0664 e. The number of benzene rings is 1. The molecule has 0 fully saturated rings. The van der Waals surface area contributed by atoms with Crippen LogP contribution in [0.1, 0.15) is 22.3 Å². The maximum atomic E-state index is 3.27. The second kappa shape index (κ2) is 4.02. The van der Waals surface area contributed by atoms with Crippen molar-refractivity contribution in [2.75, 3.05) is 0 Å². The van der Waals surface area contributed by atoms with Crippen LogP contribution in [0.4, 0.5) is 0 Å². The molecule has 0 unspecified atom stereocenters. The molecule has 4 aliphatic carbocycles. The maximum absolute atomic E-state index is 3.27. The predicted molar refractivity (Wildman–Crippen MR) is 65.4 cm³/mol. The Morgan fingerprint density at radius 1 is 0.562 bits per heavy atom. The summed E-state index contributed by atoms with van der Waals surface area (Å²) in [7, 11) is 0. The molecular formula is C16H14. The molecule has 0 saturated carbocycles. The van der Waals surface area contributed by atoms with E-state index >= 15 is 0 Å². The van der Waals surface area contributed by atoms with Gasteiger partial charge >= 0.3 is 0 Å². The van der Waals surface area contributed by atoms with Crippen molar-refractivity contribution in [3.8, 4) is 0 Å². The standard InChI is InChI=1S/C16H14/c1-2-14-4-3-13(1)9-10-15-5-7-16(8-6-15)12-11-14/h1-5,7H,9-12H2. The lowest BCUT2D eigenvalue weighted by Crippen LogP contribution is -1.96. The Labute approximate surface area is 96.9 Å². The average molecular weight is 206 g/mol. The third-order valence-corrected chi connectivity index (χ3v) is 3.26. The first-order valence-corrected chi connectivity index (χ1v) is 5.90. The SMILES string of the molecule is c1c2ccc(c#1)CCc1ccc(cc1)CC2. The number of aryl methyl sites for hydroxylation is 4. The molecule has 78 valence electrons. The summed E-state index contributed by atoms with van der Waals surface area (Å²) >= 11 is 0. The molecule has 4 aliphatic rings. The van der Waals surface area contributed by atoms with Gasteiger partial charge in [0.05, 0.1) is 0 Å². The molecule has 0 aliphatic heterocycles. The van der Waals surface area contributed by atoms with Crippen molar-refractivity contribution in [2.24, 2.45) is 0 Å². The van der Waals surface area contributed by atoms with Crippen molar-refractivity contribution in [1.82, 2.24) is 0 Å². The first kappa shape index (κ1) is 9.48. The van der Waals surface area contributed by atoms with Crippen molar-refractivity contribution in [3.63, 3.8) is 0 Å². The molecular weight excluding hydrogens is 192 g/mol. The minimum absolute atomic E-state index is 1.07. The van der Waals surface area contributed by atoms with Crippen LogP contribution >= 0.6 is 0 Å². The van der Waals surface area contributed by atoms with Gasteiger partial charge in [0.15, 0.2) is 0 Å². The van der Waals surface area contributed by atoms with Gasteiger partial charge in [0.1, 0.15) is 0 Å². The van der Waals surface area contributed by atoms with Crippen LogP contribution in [0, 0.1) is 12.1 Å². The Hall–Kier alpha value is -1.74. The summed E-state index contributed by atoms with van der Waals surface area (Å²) in [5, 5.41) is 0. The highest BCUT2D eigenvalue weighted by Gasteiger charge is 2.01. The summed E-state index contributed by atoms with van der Waals surface area (Å²) in [4.78, 5) is 0. The highest BCUT2D eigenvalue weighted by atomic mass is 14.1. The van der Waals surface area contributed by atoms with E-state index in [-0.39, 0.29) is 0 Å². The third-order valence-electron chi connectivity index (χ3n) is 3.26. The molecule has 2 aromatic rings. The van der Waals surface area contributed by atoms with Gasteiger partial charge in [-0.25, -0.2) is 0 Å².